The molecule has 3 aromatic rings. The summed E-state index contributed by atoms with van der Waals surface area (Å²) < 4.78 is 9.18. The summed E-state index contributed by atoms with van der Waals surface area (Å²) in [4.78, 5) is 6.87. The Hall–Kier alpha value is -2.45. The summed E-state index contributed by atoms with van der Waals surface area (Å²) >= 11 is 0. The lowest BCUT2D eigenvalue weighted by Crippen LogP contribution is -2.33. The number of fused-ring (bicyclic) bond motifs is 1. The molecule has 26 heavy (non-hydrogen) atoms. The number of nitrogens with zero attached hydrogens (tertiary/aromatic N) is 6. The zero-order valence-electron chi connectivity index (χ0n) is 15.3. The van der Waals surface area contributed by atoms with Gasteiger partial charge in [0.05, 0.1) is 29.3 Å². The summed E-state index contributed by atoms with van der Waals surface area (Å²) in [6.45, 7) is 7.35. The van der Waals surface area contributed by atoms with Crippen LogP contribution in [0, 0.1) is 0 Å². The second kappa shape index (κ2) is 6.69. The number of aromatic nitrogens is 5. The van der Waals surface area contributed by atoms with Gasteiger partial charge in [-0.3, -0.25) is 14.3 Å². The van der Waals surface area contributed by atoms with Crippen molar-refractivity contribution in [2.75, 3.05) is 6.54 Å². The van der Waals surface area contributed by atoms with Crippen molar-refractivity contribution in [3.63, 3.8) is 0 Å². The van der Waals surface area contributed by atoms with E-state index in [1.165, 1.54) is 0 Å². The molecule has 0 unspecified atom stereocenters. The van der Waals surface area contributed by atoms with Crippen LogP contribution in [0.1, 0.15) is 54.5 Å². The van der Waals surface area contributed by atoms with Crippen LogP contribution in [-0.2, 0) is 26.7 Å². The SMILES string of the molecule is CC(C)c1nc(CN2CCn3nc([C@@H](O)c4ccnn4C)cc3C2)co1. The maximum absolute atomic E-state index is 10.6. The normalized spacial score (nSPS) is 16.2. The van der Waals surface area contributed by atoms with E-state index in [1.807, 2.05) is 23.9 Å². The van der Waals surface area contributed by atoms with Gasteiger partial charge in [-0.15, -0.1) is 0 Å². The first-order chi connectivity index (χ1) is 12.5. The second-order valence-corrected chi connectivity index (χ2v) is 7.11. The van der Waals surface area contributed by atoms with Crippen LogP contribution in [-0.4, -0.2) is 41.1 Å². The fourth-order valence-electron chi connectivity index (χ4n) is 3.30. The lowest BCUT2D eigenvalue weighted by molar-refractivity contribution is 0.195. The highest BCUT2D eigenvalue weighted by atomic mass is 16.3. The molecule has 4 heterocycles. The van der Waals surface area contributed by atoms with E-state index < -0.39 is 6.10 Å². The molecule has 0 aromatic carbocycles. The highest BCUT2D eigenvalue weighted by Gasteiger charge is 2.24. The topological polar surface area (TPSA) is 85.1 Å². The Morgan fingerprint density at radius 2 is 2.15 bits per heavy atom. The molecule has 4 rings (SSSR count). The van der Waals surface area contributed by atoms with Crippen LogP contribution in [0.3, 0.4) is 0 Å². The molecule has 138 valence electrons. The van der Waals surface area contributed by atoms with Crippen molar-refractivity contribution >= 4 is 0 Å². The number of aliphatic hydroxyl groups is 1. The molecule has 0 saturated heterocycles. The van der Waals surface area contributed by atoms with Crippen LogP contribution in [0.15, 0.2) is 29.0 Å². The van der Waals surface area contributed by atoms with Gasteiger partial charge in [0.15, 0.2) is 5.89 Å². The summed E-state index contributed by atoms with van der Waals surface area (Å²) in [6.07, 6.45) is 2.66. The molecule has 0 amide bonds. The third-order valence-electron chi connectivity index (χ3n) is 4.76. The van der Waals surface area contributed by atoms with E-state index in [9.17, 15) is 5.11 Å². The van der Waals surface area contributed by atoms with E-state index in [0.717, 1.165) is 49.2 Å². The number of hydrogen-bond donors (Lipinski definition) is 1. The maximum Gasteiger partial charge on any atom is 0.196 e. The van der Waals surface area contributed by atoms with E-state index in [-0.39, 0.29) is 0 Å². The van der Waals surface area contributed by atoms with Crippen molar-refractivity contribution in [1.29, 1.82) is 0 Å². The average molecular weight is 356 g/mol. The first-order valence-corrected chi connectivity index (χ1v) is 8.90. The van der Waals surface area contributed by atoms with Gasteiger partial charge in [-0.2, -0.15) is 10.2 Å². The molecule has 8 nitrogen and oxygen atoms in total. The minimum absolute atomic E-state index is 0.294. The molecule has 1 atom stereocenters. The lowest BCUT2D eigenvalue weighted by atomic mass is 10.1. The van der Waals surface area contributed by atoms with Crippen molar-refractivity contribution in [3.8, 4) is 0 Å². The maximum atomic E-state index is 10.6. The van der Waals surface area contributed by atoms with Gasteiger partial charge in [0.25, 0.3) is 0 Å². The third-order valence-corrected chi connectivity index (χ3v) is 4.76. The number of rotatable bonds is 5. The molecule has 3 aromatic heterocycles. The summed E-state index contributed by atoms with van der Waals surface area (Å²) in [5, 5.41) is 19.3. The molecular weight excluding hydrogens is 332 g/mol. The summed E-state index contributed by atoms with van der Waals surface area (Å²) in [5.74, 6) is 1.08. The number of hydrogen-bond acceptors (Lipinski definition) is 6. The molecule has 0 saturated carbocycles. The Morgan fingerprint density at radius 3 is 2.85 bits per heavy atom. The van der Waals surface area contributed by atoms with Crippen molar-refractivity contribution in [3.05, 3.63) is 53.3 Å². The summed E-state index contributed by atoms with van der Waals surface area (Å²) in [5.41, 5.74) is 3.45. The highest BCUT2D eigenvalue weighted by molar-refractivity contribution is 5.22. The molecule has 0 fully saturated rings. The Morgan fingerprint density at radius 1 is 1.31 bits per heavy atom. The van der Waals surface area contributed by atoms with Crippen LogP contribution in [0.4, 0.5) is 0 Å². The fraction of sp³-hybridized carbons (Fsp3) is 0.500. The van der Waals surface area contributed by atoms with E-state index in [2.05, 4.69) is 33.9 Å². The van der Waals surface area contributed by atoms with E-state index in [0.29, 0.717) is 11.6 Å². The molecular formula is C18H24N6O2. The van der Waals surface area contributed by atoms with Gasteiger partial charge < -0.3 is 9.52 Å². The Labute approximate surface area is 152 Å². The average Bonchev–Trinajstić information content (AvgIpc) is 3.33. The van der Waals surface area contributed by atoms with Crippen molar-refractivity contribution in [2.45, 2.75) is 45.5 Å². The number of aryl methyl sites for hydroxylation is 1. The molecule has 1 aliphatic heterocycles. The molecule has 1 aliphatic rings. The number of aliphatic hydroxyl groups excluding tert-OH is 1. The lowest BCUT2D eigenvalue weighted by Gasteiger charge is -2.26. The Kier molecular flexibility index (Phi) is 4.37. The van der Waals surface area contributed by atoms with Crippen LogP contribution in [0.2, 0.25) is 0 Å². The van der Waals surface area contributed by atoms with Crippen LogP contribution >= 0.6 is 0 Å². The fourth-order valence-corrected chi connectivity index (χ4v) is 3.30. The zero-order chi connectivity index (χ0) is 18.3. The predicted molar refractivity (Wildman–Crippen MR) is 94.2 cm³/mol. The monoisotopic (exact) mass is 356 g/mol. The van der Waals surface area contributed by atoms with Gasteiger partial charge in [0.1, 0.15) is 12.4 Å². The Bertz CT molecular complexity index is 893. The Balaban J connectivity index is 1.47. The van der Waals surface area contributed by atoms with E-state index in [4.69, 9.17) is 4.42 Å². The largest absolute Gasteiger partial charge is 0.448 e. The van der Waals surface area contributed by atoms with Gasteiger partial charge >= 0.3 is 0 Å². The van der Waals surface area contributed by atoms with Gasteiger partial charge in [-0.1, -0.05) is 13.8 Å². The minimum Gasteiger partial charge on any atom is -0.448 e. The first kappa shape index (κ1) is 17.0. The molecule has 8 heteroatoms. The molecule has 1 N–H and O–H groups in total. The van der Waals surface area contributed by atoms with Gasteiger partial charge in [-0.25, -0.2) is 4.98 Å². The van der Waals surface area contributed by atoms with Gasteiger partial charge in [0, 0.05) is 38.8 Å². The molecule has 0 bridgehead atoms. The number of oxazole rings is 1. The van der Waals surface area contributed by atoms with Crippen molar-refractivity contribution < 1.29 is 9.52 Å². The first-order valence-electron chi connectivity index (χ1n) is 8.90. The third kappa shape index (κ3) is 3.17. The standard InChI is InChI=1S/C18H24N6O2/c1-12(2)18-20-13(11-26-18)9-23-6-7-24-14(10-23)8-15(21-24)17(25)16-4-5-19-22(16)3/h4-5,8,11-12,17,25H,6-7,9-10H2,1-3H3/t17-/m1/s1. The van der Waals surface area contributed by atoms with Crippen LogP contribution in [0.25, 0.3) is 0 Å². The molecule has 0 aliphatic carbocycles. The highest BCUT2D eigenvalue weighted by Crippen LogP contribution is 2.24. The van der Waals surface area contributed by atoms with Crippen LogP contribution < -0.4 is 0 Å². The smallest absolute Gasteiger partial charge is 0.196 e. The zero-order valence-corrected chi connectivity index (χ0v) is 15.3. The van der Waals surface area contributed by atoms with Crippen LogP contribution in [0.5, 0.6) is 0 Å². The summed E-state index contributed by atoms with van der Waals surface area (Å²) in [7, 11) is 1.82. The molecule has 0 spiro atoms. The van der Waals surface area contributed by atoms with Gasteiger partial charge in [0.2, 0.25) is 0 Å². The van der Waals surface area contributed by atoms with E-state index >= 15 is 0 Å². The summed E-state index contributed by atoms with van der Waals surface area (Å²) in [6, 6.07) is 3.79. The predicted octanol–water partition coefficient (Wildman–Crippen LogP) is 1.83. The van der Waals surface area contributed by atoms with Gasteiger partial charge in [-0.05, 0) is 12.1 Å². The second-order valence-electron chi connectivity index (χ2n) is 7.11. The van der Waals surface area contributed by atoms with E-state index in [1.54, 1.807) is 17.1 Å². The minimum atomic E-state index is -0.766. The van der Waals surface area contributed by atoms with Crippen molar-refractivity contribution in [2.24, 2.45) is 7.05 Å². The molecule has 0 radical (unpaired) electrons. The quantitative estimate of drug-likeness (QED) is 0.751. The van der Waals surface area contributed by atoms with Crippen molar-refractivity contribution in [1.82, 2.24) is 29.4 Å².